The molecule has 114 valence electrons. The van der Waals surface area contributed by atoms with E-state index in [0.29, 0.717) is 5.13 Å². The number of carbonyl (C=O) groups excluding carboxylic acids is 1. The molecule has 2 aromatic carbocycles. The van der Waals surface area contributed by atoms with Crippen LogP contribution < -0.4 is 5.32 Å². The summed E-state index contributed by atoms with van der Waals surface area (Å²) < 4.78 is 1.01. The summed E-state index contributed by atoms with van der Waals surface area (Å²) in [5, 5.41) is 5.31. The third-order valence-corrected chi connectivity index (χ3v) is 4.39. The Morgan fingerprint density at radius 2 is 1.83 bits per heavy atom. The van der Waals surface area contributed by atoms with Crippen LogP contribution in [-0.2, 0) is 4.79 Å². The zero-order valence-corrected chi connectivity index (χ0v) is 14.5. The first-order chi connectivity index (χ1) is 11.2. The van der Waals surface area contributed by atoms with Gasteiger partial charge >= 0.3 is 0 Å². The second-order valence-electron chi connectivity index (χ2n) is 4.78. The molecular weight excluding hydrogens is 372 g/mol. The van der Waals surface area contributed by atoms with Crippen molar-refractivity contribution in [1.82, 2.24) is 4.98 Å². The molecule has 0 aliphatic heterocycles. The average molecular weight is 385 g/mol. The number of hydrogen-bond acceptors (Lipinski definition) is 3. The van der Waals surface area contributed by atoms with Crippen molar-refractivity contribution >= 4 is 44.4 Å². The number of thiazole rings is 1. The van der Waals surface area contributed by atoms with Gasteiger partial charge in [0.25, 0.3) is 0 Å². The van der Waals surface area contributed by atoms with E-state index in [4.69, 9.17) is 0 Å². The maximum atomic E-state index is 12.0. The lowest BCUT2D eigenvalue weighted by Gasteiger charge is -1.97. The molecule has 1 heterocycles. The van der Waals surface area contributed by atoms with Crippen LogP contribution in [0.2, 0.25) is 0 Å². The molecule has 23 heavy (non-hydrogen) atoms. The van der Waals surface area contributed by atoms with Gasteiger partial charge in [-0.05, 0) is 23.8 Å². The Labute approximate surface area is 146 Å². The van der Waals surface area contributed by atoms with Crippen molar-refractivity contribution in [2.75, 3.05) is 5.32 Å². The molecule has 0 radical (unpaired) electrons. The molecule has 0 bridgehead atoms. The lowest BCUT2D eigenvalue weighted by Crippen LogP contribution is -2.07. The van der Waals surface area contributed by atoms with Crippen molar-refractivity contribution in [3.05, 3.63) is 76.1 Å². The first-order valence-electron chi connectivity index (χ1n) is 6.96. The summed E-state index contributed by atoms with van der Waals surface area (Å²) in [6, 6.07) is 17.6. The van der Waals surface area contributed by atoms with Gasteiger partial charge in [-0.2, -0.15) is 0 Å². The smallest absolute Gasteiger partial charge is 0.250 e. The minimum absolute atomic E-state index is 0.193. The molecule has 3 aromatic rings. The van der Waals surface area contributed by atoms with E-state index in [2.05, 4.69) is 26.2 Å². The van der Waals surface area contributed by atoms with Crippen LogP contribution in [0, 0.1) is 0 Å². The number of benzene rings is 2. The van der Waals surface area contributed by atoms with E-state index in [0.717, 1.165) is 21.3 Å². The molecule has 0 saturated heterocycles. The molecule has 0 aliphatic rings. The zero-order valence-electron chi connectivity index (χ0n) is 12.1. The highest BCUT2D eigenvalue weighted by molar-refractivity contribution is 9.10. The molecular formula is C18H13BrN2OS. The number of halogens is 1. The van der Waals surface area contributed by atoms with Gasteiger partial charge in [-0.3, -0.25) is 10.1 Å². The van der Waals surface area contributed by atoms with Crippen LogP contribution in [0.15, 0.2) is 70.5 Å². The Morgan fingerprint density at radius 3 is 2.57 bits per heavy atom. The van der Waals surface area contributed by atoms with E-state index in [1.807, 2.05) is 60.0 Å². The minimum Gasteiger partial charge on any atom is -0.298 e. The molecule has 1 amide bonds. The molecule has 3 rings (SSSR count). The second-order valence-corrected chi connectivity index (χ2v) is 6.55. The van der Waals surface area contributed by atoms with Crippen LogP contribution in [0.1, 0.15) is 5.56 Å². The van der Waals surface area contributed by atoms with Crippen LogP contribution in [0.5, 0.6) is 0 Å². The number of aromatic nitrogens is 1. The normalized spacial score (nSPS) is 10.8. The largest absolute Gasteiger partial charge is 0.298 e. The number of nitrogens with one attached hydrogen (secondary N) is 1. The standard InChI is InChI=1S/C18H13BrN2OS/c19-15-9-6-13(7-10-15)8-11-17(22)21-18-20-16(12-23-18)14-4-2-1-3-5-14/h1-12H,(H,20,21,22). The highest BCUT2D eigenvalue weighted by Gasteiger charge is 2.05. The van der Waals surface area contributed by atoms with Crippen molar-refractivity contribution in [3.8, 4) is 11.3 Å². The number of anilines is 1. The molecule has 0 saturated carbocycles. The highest BCUT2D eigenvalue weighted by Crippen LogP contribution is 2.24. The number of carbonyl (C=O) groups is 1. The number of rotatable bonds is 4. The summed E-state index contributed by atoms with van der Waals surface area (Å²) >= 11 is 4.79. The molecule has 0 atom stereocenters. The van der Waals surface area contributed by atoms with Crippen LogP contribution in [-0.4, -0.2) is 10.9 Å². The summed E-state index contributed by atoms with van der Waals surface area (Å²) in [5.74, 6) is -0.193. The van der Waals surface area contributed by atoms with E-state index in [1.165, 1.54) is 17.4 Å². The Bertz CT molecular complexity index is 826. The van der Waals surface area contributed by atoms with Crippen molar-refractivity contribution in [3.63, 3.8) is 0 Å². The van der Waals surface area contributed by atoms with Gasteiger partial charge in [-0.15, -0.1) is 11.3 Å². The van der Waals surface area contributed by atoms with Crippen molar-refractivity contribution in [2.24, 2.45) is 0 Å². The maximum absolute atomic E-state index is 12.0. The second kappa shape index (κ2) is 7.35. The number of nitrogens with zero attached hydrogens (tertiary/aromatic N) is 1. The Balaban J connectivity index is 1.64. The van der Waals surface area contributed by atoms with Crippen LogP contribution in [0.25, 0.3) is 17.3 Å². The predicted octanol–water partition coefficient (Wildman–Crippen LogP) is 5.22. The average Bonchev–Trinajstić information content (AvgIpc) is 3.04. The summed E-state index contributed by atoms with van der Waals surface area (Å²) in [7, 11) is 0. The molecule has 3 nitrogen and oxygen atoms in total. The van der Waals surface area contributed by atoms with Gasteiger partial charge in [0.1, 0.15) is 0 Å². The predicted molar refractivity (Wildman–Crippen MR) is 99.4 cm³/mol. The maximum Gasteiger partial charge on any atom is 0.250 e. The van der Waals surface area contributed by atoms with Gasteiger partial charge in [0.2, 0.25) is 5.91 Å². The van der Waals surface area contributed by atoms with E-state index in [9.17, 15) is 4.79 Å². The van der Waals surface area contributed by atoms with E-state index in [1.54, 1.807) is 6.08 Å². The van der Waals surface area contributed by atoms with Gasteiger partial charge in [-0.25, -0.2) is 4.98 Å². The summed E-state index contributed by atoms with van der Waals surface area (Å²) in [4.78, 5) is 16.4. The lowest BCUT2D eigenvalue weighted by atomic mass is 10.2. The quantitative estimate of drug-likeness (QED) is 0.626. The van der Waals surface area contributed by atoms with E-state index < -0.39 is 0 Å². The first kappa shape index (κ1) is 15.6. The summed E-state index contributed by atoms with van der Waals surface area (Å²) in [6.07, 6.45) is 3.28. The van der Waals surface area contributed by atoms with Gasteiger partial charge in [-0.1, -0.05) is 58.4 Å². The Morgan fingerprint density at radius 1 is 1.09 bits per heavy atom. The first-order valence-corrected chi connectivity index (χ1v) is 8.63. The van der Waals surface area contributed by atoms with Crippen LogP contribution in [0.4, 0.5) is 5.13 Å². The third kappa shape index (κ3) is 4.37. The minimum atomic E-state index is -0.193. The van der Waals surface area contributed by atoms with Crippen LogP contribution >= 0.6 is 27.3 Å². The van der Waals surface area contributed by atoms with Gasteiger partial charge in [0.05, 0.1) is 5.69 Å². The SMILES string of the molecule is O=C(C=Cc1ccc(Br)cc1)Nc1nc(-c2ccccc2)cs1. The van der Waals surface area contributed by atoms with Crippen LogP contribution in [0.3, 0.4) is 0 Å². The van der Waals surface area contributed by atoms with Gasteiger partial charge < -0.3 is 0 Å². The van der Waals surface area contributed by atoms with Gasteiger partial charge in [0, 0.05) is 21.5 Å². The number of amides is 1. The molecule has 1 N–H and O–H groups in total. The Hall–Kier alpha value is -2.24. The van der Waals surface area contributed by atoms with E-state index >= 15 is 0 Å². The third-order valence-electron chi connectivity index (χ3n) is 3.10. The fourth-order valence-corrected chi connectivity index (χ4v) is 2.95. The Kier molecular flexibility index (Phi) is 5.00. The zero-order chi connectivity index (χ0) is 16.1. The van der Waals surface area contributed by atoms with E-state index in [-0.39, 0.29) is 5.91 Å². The molecule has 0 unspecified atom stereocenters. The molecule has 0 spiro atoms. The molecule has 0 fully saturated rings. The molecule has 1 aromatic heterocycles. The monoisotopic (exact) mass is 384 g/mol. The fourth-order valence-electron chi connectivity index (χ4n) is 1.97. The van der Waals surface area contributed by atoms with Crippen molar-refractivity contribution in [2.45, 2.75) is 0 Å². The summed E-state index contributed by atoms with van der Waals surface area (Å²) in [5.41, 5.74) is 2.87. The highest BCUT2D eigenvalue weighted by atomic mass is 79.9. The topological polar surface area (TPSA) is 42.0 Å². The van der Waals surface area contributed by atoms with Gasteiger partial charge in [0.15, 0.2) is 5.13 Å². The lowest BCUT2D eigenvalue weighted by molar-refractivity contribution is -0.111. The summed E-state index contributed by atoms with van der Waals surface area (Å²) in [6.45, 7) is 0. The fraction of sp³-hybridized carbons (Fsp3) is 0. The number of hydrogen-bond donors (Lipinski definition) is 1. The molecule has 0 aliphatic carbocycles. The van der Waals surface area contributed by atoms with Crippen molar-refractivity contribution < 1.29 is 4.79 Å². The van der Waals surface area contributed by atoms with Crippen molar-refractivity contribution in [1.29, 1.82) is 0 Å². The molecule has 5 heteroatoms.